The number of carbonyl (C=O) groups is 1. The molecule has 0 atom stereocenters. The van der Waals surface area contributed by atoms with Crippen molar-refractivity contribution in [2.24, 2.45) is 0 Å². The Morgan fingerprint density at radius 3 is 1.76 bits per heavy atom. The van der Waals surface area contributed by atoms with Crippen molar-refractivity contribution < 1.29 is 4.79 Å². The monoisotopic (exact) mass is 235 g/mol. The Labute approximate surface area is 106 Å². The second-order valence-electron chi connectivity index (χ2n) is 4.60. The molecule has 0 saturated carbocycles. The predicted octanol–water partition coefficient (Wildman–Crippen LogP) is 3.22. The molecule has 0 amide bonds. The molecule has 96 valence electrons. The quantitative estimate of drug-likeness (QED) is 0.798. The van der Waals surface area contributed by atoms with E-state index >= 15 is 0 Å². The number of Topliss-reactive ketones (excluding diaryl/α,β-unsaturated/α-hetero) is 1. The fourth-order valence-electron chi connectivity index (χ4n) is 1.16. The van der Waals surface area contributed by atoms with Crippen molar-refractivity contribution in [2.45, 2.75) is 33.6 Å². The SMILES string of the molecule is CCC(=O)CCN(C)C.Cc1ccc(C)cc1. The van der Waals surface area contributed by atoms with Gasteiger partial charge < -0.3 is 4.90 Å². The summed E-state index contributed by atoms with van der Waals surface area (Å²) >= 11 is 0. The van der Waals surface area contributed by atoms with Crippen molar-refractivity contribution in [1.82, 2.24) is 4.90 Å². The van der Waals surface area contributed by atoms with Gasteiger partial charge in [0.05, 0.1) is 0 Å². The predicted molar refractivity (Wildman–Crippen MR) is 74.4 cm³/mol. The molecule has 0 unspecified atom stereocenters. The van der Waals surface area contributed by atoms with E-state index in [9.17, 15) is 4.79 Å². The minimum absolute atomic E-state index is 0.351. The molecule has 0 spiro atoms. The molecule has 2 nitrogen and oxygen atoms in total. The van der Waals surface area contributed by atoms with Crippen LogP contribution in [0.4, 0.5) is 0 Å². The maximum atomic E-state index is 10.7. The van der Waals surface area contributed by atoms with Gasteiger partial charge in [-0.15, -0.1) is 0 Å². The van der Waals surface area contributed by atoms with Gasteiger partial charge in [0.25, 0.3) is 0 Å². The summed E-state index contributed by atoms with van der Waals surface area (Å²) in [6.07, 6.45) is 1.37. The average molecular weight is 235 g/mol. The van der Waals surface area contributed by atoms with Gasteiger partial charge in [0.15, 0.2) is 0 Å². The molecule has 0 aliphatic heterocycles. The third-order valence-electron chi connectivity index (χ3n) is 2.45. The minimum atomic E-state index is 0.351. The molecular formula is C15H25NO. The molecular weight excluding hydrogens is 210 g/mol. The number of ketones is 1. The van der Waals surface area contributed by atoms with Gasteiger partial charge in [0.2, 0.25) is 0 Å². The van der Waals surface area contributed by atoms with E-state index in [0.29, 0.717) is 18.6 Å². The first-order valence-electron chi connectivity index (χ1n) is 6.15. The summed E-state index contributed by atoms with van der Waals surface area (Å²) < 4.78 is 0. The Kier molecular flexibility index (Phi) is 8.34. The molecule has 17 heavy (non-hydrogen) atoms. The van der Waals surface area contributed by atoms with Gasteiger partial charge in [-0.2, -0.15) is 0 Å². The van der Waals surface area contributed by atoms with Crippen molar-refractivity contribution in [2.75, 3.05) is 20.6 Å². The minimum Gasteiger partial charge on any atom is -0.309 e. The zero-order valence-electron chi connectivity index (χ0n) is 11.8. The summed E-state index contributed by atoms with van der Waals surface area (Å²) in [6, 6.07) is 8.48. The summed E-state index contributed by atoms with van der Waals surface area (Å²) in [4.78, 5) is 12.7. The van der Waals surface area contributed by atoms with Crippen molar-refractivity contribution in [3.05, 3.63) is 35.4 Å². The smallest absolute Gasteiger partial charge is 0.133 e. The van der Waals surface area contributed by atoms with Crippen LogP contribution in [0.2, 0.25) is 0 Å². The fourth-order valence-corrected chi connectivity index (χ4v) is 1.16. The number of carbonyl (C=O) groups excluding carboxylic acids is 1. The highest BCUT2D eigenvalue weighted by Crippen LogP contribution is 1.99. The topological polar surface area (TPSA) is 20.3 Å². The highest BCUT2D eigenvalue weighted by Gasteiger charge is 1.97. The third-order valence-corrected chi connectivity index (χ3v) is 2.45. The van der Waals surface area contributed by atoms with Crippen LogP contribution in [0.1, 0.15) is 30.9 Å². The second kappa shape index (κ2) is 8.94. The first-order chi connectivity index (χ1) is 7.95. The first-order valence-corrected chi connectivity index (χ1v) is 6.15. The molecule has 0 bridgehead atoms. The normalized spacial score (nSPS) is 9.76. The summed E-state index contributed by atoms with van der Waals surface area (Å²) in [5.74, 6) is 0.351. The average Bonchev–Trinajstić information content (AvgIpc) is 2.30. The molecule has 1 aromatic carbocycles. The molecule has 1 rings (SSSR count). The Morgan fingerprint density at radius 1 is 1.06 bits per heavy atom. The molecule has 0 heterocycles. The van der Waals surface area contributed by atoms with E-state index in [-0.39, 0.29) is 0 Å². The van der Waals surface area contributed by atoms with Crippen LogP contribution in [-0.4, -0.2) is 31.3 Å². The molecule has 0 fully saturated rings. The van der Waals surface area contributed by atoms with Gasteiger partial charge >= 0.3 is 0 Å². The highest BCUT2D eigenvalue weighted by molar-refractivity contribution is 5.78. The van der Waals surface area contributed by atoms with E-state index in [1.165, 1.54) is 11.1 Å². The van der Waals surface area contributed by atoms with E-state index in [1.807, 2.05) is 25.9 Å². The summed E-state index contributed by atoms with van der Waals surface area (Å²) in [5.41, 5.74) is 2.66. The molecule has 0 N–H and O–H groups in total. The van der Waals surface area contributed by atoms with Crippen LogP contribution < -0.4 is 0 Å². The third kappa shape index (κ3) is 9.76. The van der Waals surface area contributed by atoms with Gasteiger partial charge in [-0.25, -0.2) is 0 Å². The lowest BCUT2D eigenvalue weighted by Crippen LogP contribution is -2.15. The van der Waals surface area contributed by atoms with Gasteiger partial charge in [0.1, 0.15) is 5.78 Å². The van der Waals surface area contributed by atoms with E-state index in [1.54, 1.807) is 0 Å². The standard InChI is InChI=1S/C8H10.C7H15NO/c1-7-3-5-8(2)6-4-7;1-4-7(9)5-6-8(2)3/h3-6H,1-2H3;4-6H2,1-3H3. The van der Waals surface area contributed by atoms with E-state index in [4.69, 9.17) is 0 Å². The van der Waals surface area contributed by atoms with Crippen LogP contribution in [0.5, 0.6) is 0 Å². The van der Waals surface area contributed by atoms with Gasteiger partial charge in [-0.05, 0) is 27.9 Å². The van der Waals surface area contributed by atoms with E-state index in [0.717, 1.165) is 6.54 Å². The van der Waals surface area contributed by atoms with Crippen LogP contribution in [0.3, 0.4) is 0 Å². The Bertz CT molecular complexity index is 293. The highest BCUT2D eigenvalue weighted by atomic mass is 16.1. The van der Waals surface area contributed by atoms with Crippen LogP contribution in [0, 0.1) is 13.8 Å². The van der Waals surface area contributed by atoms with E-state index in [2.05, 4.69) is 38.1 Å². The summed E-state index contributed by atoms with van der Waals surface area (Å²) in [7, 11) is 3.95. The number of benzene rings is 1. The van der Waals surface area contributed by atoms with Gasteiger partial charge in [0, 0.05) is 19.4 Å². The summed E-state index contributed by atoms with van der Waals surface area (Å²) in [5, 5.41) is 0. The second-order valence-corrected chi connectivity index (χ2v) is 4.60. The lowest BCUT2D eigenvalue weighted by Gasteiger charge is -2.06. The molecule has 0 radical (unpaired) electrons. The number of nitrogens with zero attached hydrogens (tertiary/aromatic N) is 1. The Balaban J connectivity index is 0.000000302. The largest absolute Gasteiger partial charge is 0.309 e. The zero-order chi connectivity index (χ0) is 13.3. The molecule has 0 saturated heterocycles. The molecule has 0 aliphatic carbocycles. The zero-order valence-corrected chi connectivity index (χ0v) is 11.8. The molecule has 0 aromatic heterocycles. The summed E-state index contributed by atoms with van der Waals surface area (Å²) in [6.45, 7) is 6.98. The van der Waals surface area contributed by atoms with Crippen molar-refractivity contribution in [3.8, 4) is 0 Å². The maximum Gasteiger partial charge on any atom is 0.133 e. The maximum absolute atomic E-state index is 10.7. The fraction of sp³-hybridized carbons (Fsp3) is 0.533. The lowest BCUT2D eigenvalue weighted by atomic mass is 10.2. The Hall–Kier alpha value is -1.15. The van der Waals surface area contributed by atoms with Crippen LogP contribution >= 0.6 is 0 Å². The lowest BCUT2D eigenvalue weighted by molar-refractivity contribution is -0.118. The van der Waals surface area contributed by atoms with Crippen molar-refractivity contribution in [1.29, 1.82) is 0 Å². The van der Waals surface area contributed by atoms with Gasteiger partial charge in [-0.1, -0.05) is 42.3 Å². The number of aryl methyl sites for hydroxylation is 2. The van der Waals surface area contributed by atoms with Crippen LogP contribution in [0.15, 0.2) is 24.3 Å². The van der Waals surface area contributed by atoms with Crippen molar-refractivity contribution >= 4 is 5.78 Å². The van der Waals surface area contributed by atoms with E-state index < -0.39 is 0 Å². The molecule has 0 aliphatic rings. The van der Waals surface area contributed by atoms with Gasteiger partial charge in [-0.3, -0.25) is 4.79 Å². The molecule has 1 aromatic rings. The number of rotatable bonds is 4. The Morgan fingerprint density at radius 2 is 1.47 bits per heavy atom. The molecule has 2 heteroatoms. The van der Waals surface area contributed by atoms with Crippen LogP contribution in [-0.2, 0) is 4.79 Å². The van der Waals surface area contributed by atoms with Crippen LogP contribution in [0.25, 0.3) is 0 Å². The first kappa shape index (κ1) is 15.9. The van der Waals surface area contributed by atoms with Crippen molar-refractivity contribution in [3.63, 3.8) is 0 Å². The number of hydrogen-bond acceptors (Lipinski definition) is 2. The number of hydrogen-bond donors (Lipinski definition) is 0.